The topological polar surface area (TPSA) is 12.0 Å². The van der Waals surface area contributed by atoms with Crippen LogP contribution in [-0.4, -0.2) is 6.54 Å². The molecule has 0 aliphatic rings. The lowest BCUT2D eigenvalue weighted by atomic mass is 9.77. The third kappa shape index (κ3) is 3.98. The van der Waals surface area contributed by atoms with Gasteiger partial charge in [-0.15, -0.1) is 0 Å². The van der Waals surface area contributed by atoms with Crippen LogP contribution in [0.4, 0.5) is 13.2 Å². The zero-order chi connectivity index (χ0) is 15.4. The highest BCUT2D eigenvalue weighted by molar-refractivity contribution is 5.33. The average Bonchev–Trinajstić information content (AvgIpc) is 2.38. The lowest BCUT2D eigenvalue weighted by molar-refractivity contribution is -0.138. The minimum absolute atomic E-state index is 0.240. The second-order valence-electron chi connectivity index (χ2n) is 5.81. The van der Waals surface area contributed by atoms with E-state index in [9.17, 15) is 13.2 Å². The highest BCUT2D eigenvalue weighted by Crippen LogP contribution is 2.42. The quantitative estimate of drug-likeness (QED) is 0.760. The van der Waals surface area contributed by atoms with Gasteiger partial charge in [0.05, 0.1) is 5.56 Å². The van der Waals surface area contributed by atoms with Gasteiger partial charge in [0.25, 0.3) is 0 Å². The van der Waals surface area contributed by atoms with Crippen LogP contribution >= 0.6 is 0 Å². The van der Waals surface area contributed by atoms with Crippen LogP contribution in [0.5, 0.6) is 0 Å². The molecule has 1 rings (SSSR count). The summed E-state index contributed by atoms with van der Waals surface area (Å²) in [7, 11) is 0. The fraction of sp³-hybridized carbons (Fsp3) is 0.625. The van der Waals surface area contributed by atoms with Gasteiger partial charge in [-0.2, -0.15) is 13.2 Å². The van der Waals surface area contributed by atoms with E-state index in [4.69, 9.17) is 0 Å². The smallest absolute Gasteiger partial charge is 0.309 e. The molecular formula is C16H24F3N. The molecule has 0 heterocycles. The molecule has 1 N–H and O–H groups in total. The van der Waals surface area contributed by atoms with Crippen LogP contribution in [-0.2, 0) is 6.18 Å². The maximum absolute atomic E-state index is 13.2. The van der Waals surface area contributed by atoms with Crippen LogP contribution in [0.1, 0.15) is 57.7 Å². The zero-order valence-electron chi connectivity index (χ0n) is 12.6. The highest BCUT2D eigenvalue weighted by atomic mass is 19.4. The van der Waals surface area contributed by atoms with Gasteiger partial charge in [-0.3, -0.25) is 0 Å². The Hall–Kier alpha value is -1.03. The Balaban J connectivity index is 3.27. The van der Waals surface area contributed by atoms with Crippen molar-refractivity contribution in [1.29, 1.82) is 0 Å². The first kappa shape index (κ1) is 17.0. The molecule has 0 spiro atoms. The predicted molar refractivity (Wildman–Crippen MR) is 76.6 cm³/mol. The molecule has 1 aromatic rings. The zero-order valence-corrected chi connectivity index (χ0v) is 12.6. The number of rotatable bonds is 6. The number of benzene rings is 1. The van der Waals surface area contributed by atoms with Crippen molar-refractivity contribution in [3.8, 4) is 0 Å². The second-order valence-corrected chi connectivity index (χ2v) is 5.81. The standard InChI is InChI=1S/C16H24F3N/c1-5-11-20-14(15(3,4)6-2)12-9-7-8-10-13(12)16(17,18)19/h7-10,14,20H,5-6,11H2,1-4H3. The average molecular weight is 287 g/mol. The monoisotopic (exact) mass is 287 g/mol. The summed E-state index contributed by atoms with van der Waals surface area (Å²) in [6, 6.07) is 5.58. The number of alkyl halides is 3. The van der Waals surface area contributed by atoms with Gasteiger partial charge in [0, 0.05) is 6.04 Å². The minimum atomic E-state index is -4.31. The van der Waals surface area contributed by atoms with E-state index in [1.165, 1.54) is 12.1 Å². The summed E-state index contributed by atoms with van der Waals surface area (Å²) in [6.45, 7) is 8.75. The van der Waals surface area contributed by atoms with Crippen molar-refractivity contribution in [3.05, 3.63) is 35.4 Å². The molecule has 4 heteroatoms. The van der Waals surface area contributed by atoms with Crippen LogP contribution in [0, 0.1) is 5.41 Å². The van der Waals surface area contributed by atoms with E-state index < -0.39 is 11.7 Å². The van der Waals surface area contributed by atoms with Crippen LogP contribution < -0.4 is 5.32 Å². The van der Waals surface area contributed by atoms with Gasteiger partial charge in [0.15, 0.2) is 0 Å². The third-order valence-corrected chi connectivity index (χ3v) is 3.87. The Labute approximate surface area is 119 Å². The van der Waals surface area contributed by atoms with Crippen LogP contribution in [0.3, 0.4) is 0 Å². The Bertz CT molecular complexity index is 424. The molecule has 0 saturated heterocycles. The van der Waals surface area contributed by atoms with Gasteiger partial charge in [-0.25, -0.2) is 0 Å². The molecule has 0 amide bonds. The van der Waals surface area contributed by atoms with E-state index >= 15 is 0 Å². The van der Waals surface area contributed by atoms with Gasteiger partial charge in [0.2, 0.25) is 0 Å². The summed E-state index contributed by atoms with van der Waals surface area (Å²) < 4.78 is 39.6. The van der Waals surface area contributed by atoms with Gasteiger partial charge in [0.1, 0.15) is 0 Å². The lowest BCUT2D eigenvalue weighted by Gasteiger charge is -2.36. The summed E-state index contributed by atoms with van der Waals surface area (Å²) in [6.07, 6.45) is -2.61. The van der Waals surface area contributed by atoms with Crippen LogP contribution in [0.15, 0.2) is 24.3 Å². The third-order valence-electron chi connectivity index (χ3n) is 3.87. The normalized spacial score (nSPS) is 14.3. The molecule has 0 aliphatic carbocycles. The molecule has 0 radical (unpaired) electrons. The van der Waals surface area contributed by atoms with Gasteiger partial charge < -0.3 is 5.32 Å². The van der Waals surface area contributed by atoms with Crippen molar-refractivity contribution in [1.82, 2.24) is 5.32 Å². The van der Waals surface area contributed by atoms with Crippen molar-refractivity contribution >= 4 is 0 Å². The summed E-state index contributed by atoms with van der Waals surface area (Å²) in [5.74, 6) is 0. The number of hydrogen-bond donors (Lipinski definition) is 1. The fourth-order valence-corrected chi connectivity index (χ4v) is 2.31. The molecule has 1 aromatic carbocycles. The highest BCUT2D eigenvalue weighted by Gasteiger charge is 2.38. The first-order valence-corrected chi connectivity index (χ1v) is 7.13. The van der Waals surface area contributed by atoms with Crippen molar-refractivity contribution < 1.29 is 13.2 Å². The Morgan fingerprint density at radius 3 is 2.20 bits per heavy atom. The SMILES string of the molecule is CCCNC(c1ccccc1C(F)(F)F)C(C)(C)CC. The van der Waals surface area contributed by atoms with Gasteiger partial charge >= 0.3 is 6.18 Å². The van der Waals surface area contributed by atoms with E-state index in [-0.39, 0.29) is 11.5 Å². The number of hydrogen-bond acceptors (Lipinski definition) is 1. The lowest BCUT2D eigenvalue weighted by Crippen LogP contribution is -2.35. The summed E-state index contributed by atoms with van der Waals surface area (Å²) in [4.78, 5) is 0. The Morgan fingerprint density at radius 1 is 1.10 bits per heavy atom. The molecular weight excluding hydrogens is 263 g/mol. The maximum Gasteiger partial charge on any atom is 0.416 e. The van der Waals surface area contributed by atoms with Crippen LogP contribution in [0.2, 0.25) is 0 Å². The summed E-state index contributed by atoms with van der Waals surface area (Å²) in [5, 5.41) is 3.29. The molecule has 0 bridgehead atoms. The molecule has 0 saturated carbocycles. The van der Waals surface area contributed by atoms with Crippen molar-refractivity contribution in [2.45, 2.75) is 52.8 Å². The molecule has 0 aliphatic heterocycles. The van der Waals surface area contributed by atoms with E-state index in [2.05, 4.69) is 5.32 Å². The van der Waals surface area contributed by atoms with E-state index in [0.717, 1.165) is 12.8 Å². The molecule has 114 valence electrons. The van der Waals surface area contributed by atoms with E-state index in [0.29, 0.717) is 12.1 Å². The van der Waals surface area contributed by atoms with Crippen molar-refractivity contribution in [3.63, 3.8) is 0 Å². The Kier molecular flexibility index (Phi) is 5.63. The molecule has 1 nitrogen and oxygen atoms in total. The predicted octanol–water partition coefficient (Wildman–Crippen LogP) is 5.18. The van der Waals surface area contributed by atoms with Crippen LogP contribution in [0.25, 0.3) is 0 Å². The molecule has 20 heavy (non-hydrogen) atoms. The fourth-order valence-electron chi connectivity index (χ4n) is 2.31. The summed E-state index contributed by atoms with van der Waals surface area (Å²) >= 11 is 0. The van der Waals surface area contributed by atoms with E-state index in [1.807, 2.05) is 27.7 Å². The number of nitrogens with one attached hydrogen (secondary N) is 1. The van der Waals surface area contributed by atoms with Crippen molar-refractivity contribution in [2.24, 2.45) is 5.41 Å². The largest absolute Gasteiger partial charge is 0.416 e. The van der Waals surface area contributed by atoms with Gasteiger partial charge in [-0.05, 0) is 36.4 Å². The molecule has 0 fully saturated rings. The number of halogens is 3. The first-order chi connectivity index (χ1) is 9.24. The Morgan fingerprint density at radius 2 is 1.70 bits per heavy atom. The maximum atomic E-state index is 13.2. The second kappa shape index (κ2) is 6.61. The van der Waals surface area contributed by atoms with Gasteiger partial charge in [-0.1, -0.05) is 45.9 Å². The van der Waals surface area contributed by atoms with Crippen molar-refractivity contribution in [2.75, 3.05) is 6.54 Å². The summed E-state index contributed by atoms with van der Waals surface area (Å²) in [5.41, 5.74) is -0.424. The minimum Gasteiger partial charge on any atom is -0.309 e. The molecule has 0 aromatic heterocycles. The van der Waals surface area contributed by atoms with E-state index in [1.54, 1.807) is 12.1 Å². The molecule has 1 unspecified atom stereocenters. The molecule has 1 atom stereocenters. The first-order valence-electron chi connectivity index (χ1n) is 7.13.